The van der Waals surface area contributed by atoms with Gasteiger partial charge in [-0.1, -0.05) is 24.3 Å². The normalized spacial score (nSPS) is 11.0. The number of rotatable bonds is 2. The molecule has 0 aromatic heterocycles. The molecule has 0 spiro atoms. The molecule has 0 saturated heterocycles. The Morgan fingerprint density at radius 3 is 2.23 bits per heavy atom. The van der Waals surface area contributed by atoms with Crippen LogP contribution < -0.4 is 0 Å². The molecule has 0 unspecified atom stereocenters. The van der Waals surface area contributed by atoms with E-state index in [1.807, 2.05) is 0 Å². The van der Waals surface area contributed by atoms with Crippen LogP contribution in [0.4, 0.5) is 28.9 Å². The summed E-state index contributed by atoms with van der Waals surface area (Å²) in [7, 11) is 0. The molecule has 0 amide bonds. The van der Waals surface area contributed by atoms with Crippen LogP contribution in [0.1, 0.15) is 5.56 Å². The molecule has 0 aliphatic rings. The van der Waals surface area contributed by atoms with E-state index in [0.717, 1.165) is 24.3 Å². The van der Waals surface area contributed by atoms with Crippen LogP contribution in [0.5, 0.6) is 0 Å². The maximum Gasteiger partial charge on any atom is 0.407 e. The molecule has 8 heteroatoms. The van der Waals surface area contributed by atoms with Gasteiger partial charge in [-0.3, -0.25) is 10.1 Å². The smallest absolute Gasteiger partial charge is 0.258 e. The molecule has 2 rings (SSSR count). The van der Waals surface area contributed by atoms with E-state index in [4.69, 9.17) is 6.57 Å². The molecule has 0 bridgehead atoms. The van der Waals surface area contributed by atoms with Crippen LogP contribution in [0.2, 0.25) is 0 Å². The highest BCUT2D eigenvalue weighted by Crippen LogP contribution is 2.39. The van der Waals surface area contributed by atoms with E-state index in [9.17, 15) is 27.7 Å². The molecule has 0 heterocycles. The summed E-state index contributed by atoms with van der Waals surface area (Å²) in [6.45, 7) is 6.74. The third-order valence-corrected chi connectivity index (χ3v) is 2.90. The zero-order chi connectivity index (χ0) is 16.5. The summed E-state index contributed by atoms with van der Waals surface area (Å²) in [6, 6.07) is 5.70. The number of nitro benzene ring substituents is 1. The predicted octanol–water partition coefficient (Wildman–Crippen LogP) is 4.97. The van der Waals surface area contributed by atoms with Crippen LogP contribution in [-0.4, -0.2) is 4.92 Å². The van der Waals surface area contributed by atoms with Gasteiger partial charge in [-0.15, -0.1) is 0 Å². The fourth-order valence-electron chi connectivity index (χ4n) is 1.87. The number of benzene rings is 2. The van der Waals surface area contributed by atoms with Crippen LogP contribution in [0.15, 0.2) is 36.4 Å². The summed E-state index contributed by atoms with van der Waals surface area (Å²) < 4.78 is 51.9. The number of hydrogen-bond acceptors (Lipinski definition) is 2. The minimum Gasteiger partial charge on any atom is -0.258 e. The van der Waals surface area contributed by atoms with Crippen molar-refractivity contribution in [3.05, 3.63) is 69.3 Å². The number of nitrogens with zero attached hydrogens (tertiary/aromatic N) is 2. The Morgan fingerprint density at radius 2 is 1.68 bits per heavy atom. The highest BCUT2D eigenvalue weighted by Gasteiger charge is 2.33. The van der Waals surface area contributed by atoms with E-state index >= 15 is 0 Å². The van der Waals surface area contributed by atoms with E-state index in [1.165, 1.54) is 6.07 Å². The molecule has 22 heavy (non-hydrogen) atoms. The van der Waals surface area contributed by atoms with Crippen molar-refractivity contribution >= 4 is 11.4 Å². The van der Waals surface area contributed by atoms with Crippen molar-refractivity contribution in [1.29, 1.82) is 0 Å². The van der Waals surface area contributed by atoms with Gasteiger partial charge in [0, 0.05) is 6.07 Å². The van der Waals surface area contributed by atoms with Crippen LogP contribution in [0.3, 0.4) is 0 Å². The van der Waals surface area contributed by atoms with Crippen LogP contribution in [0, 0.1) is 22.5 Å². The van der Waals surface area contributed by atoms with Crippen LogP contribution in [-0.2, 0) is 6.18 Å². The number of alkyl halides is 3. The quantitative estimate of drug-likeness (QED) is 0.340. The third-order valence-electron chi connectivity index (χ3n) is 2.90. The van der Waals surface area contributed by atoms with Gasteiger partial charge in [0.2, 0.25) is 5.82 Å². The average molecular weight is 310 g/mol. The van der Waals surface area contributed by atoms with Gasteiger partial charge in [-0.2, -0.15) is 17.6 Å². The molecule has 0 fully saturated rings. The third kappa shape index (κ3) is 2.88. The highest BCUT2D eigenvalue weighted by atomic mass is 19.4. The molecule has 4 nitrogen and oxygen atoms in total. The van der Waals surface area contributed by atoms with Crippen LogP contribution >= 0.6 is 0 Å². The fraction of sp³-hybridized carbons (Fsp3) is 0.0714. The average Bonchev–Trinajstić information content (AvgIpc) is 2.46. The Labute approximate surface area is 121 Å². The van der Waals surface area contributed by atoms with Gasteiger partial charge >= 0.3 is 11.9 Å². The number of hydrogen-bond donors (Lipinski definition) is 0. The van der Waals surface area contributed by atoms with E-state index in [1.54, 1.807) is 0 Å². The first-order valence-electron chi connectivity index (χ1n) is 5.77. The van der Waals surface area contributed by atoms with Crippen molar-refractivity contribution in [3.63, 3.8) is 0 Å². The molecule has 0 N–H and O–H groups in total. The number of nitro groups is 1. The van der Waals surface area contributed by atoms with Gasteiger partial charge < -0.3 is 0 Å². The van der Waals surface area contributed by atoms with E-state index < -0.39 is 33.9 Å². The maximum absolute atomic E-state index is 13.3. The van der Waals surface area contributed by atoms with Crippen LogP contribution in [0.25, 0.3) is 16.0 Å². The van der Waals surface area contributed by atoms with Crippen molar-refractivity contribution in [2.45, 2.75) is 6.18 Å². The molecule has 0 saturated carbocycles. The molecule has 0 atom stereocenters. The monoisotopic (exact) mass is 310 g/mol. The van der Waals surface area contributed by atoms with Crippen molar-refractivity contribution in [1.82, 2.24) is 0 Å². The summed E-state index contributed by atoms with van der Waals surface area (Å²) in [5, 5.41) is 10.7. The Bertz CT molecular complexity index is 794. The SMILES string of the molecule is [C-]#[N+]c1ccc(-c2ccc(F)c([N+](=O)[O-])c2)cc1C(F)(F)F. The van der Waals surface area contributed by atoms with Gasteiger partial charge in [0.1, 0.15) is 0 Å². The second kappa shape index (κ2) is 5.44. The van der Waals surface area contributed by atoms with Crippen molar-refractivity contribution < 1.29 is 22.5 Å². The topological polar surface area (TPSA) is 47.5 Å². The Hall–Kier alpha value is -2.95. The Morgan fingerprint density at radius 1 is 1.09 bits per heavy atom. The van der Waals surface area contributed by atoms with Gasteiger partial charge in [0.05, 0.1) is 17.1 Å². The van der Waals surface area contributed by atoms with Crippen molar-refractivity contribution in [2.24, 2.45) is 0 Å². The summed E-state index contributed by atoms with van der Waals surface area (Å²) in [5.74, 6) is -1.08. The van der Waals surface area contributed by atoms with Crippen molar-refractivity contribution in [3.8, 4) is 11.1 Å². The summed E-state index contributed by atoms with van der Waals surface area (Å²) in [5.41, 5.74) is -2.50. The Kier molecular flexibility index (Phi) is 3.82. The molecular formula is C14H6F4N2O2. The molecule has 0 aliphatic heterocycles. The minimum absolute atomic E-state index is 0.00262. The first-order valence-corrected chi connectivity index (χ1v) is 5.77. The van der Waals surface area contributed by atoms with Gasteiger partial charge in [0.15, 0.2) is 5.69 Å². The van der Waals surface area contributed by atoms with E-state index in [0.29, 0.717) is 6.07 Å². The fourth-order valence-corrected chi connectivity index (χ4v) is 1.87. The molecule has 112 valence electrons. The summed E-state index contributed by atoms with van der Waals surface area (Å²) >= 11 is 0. The lowest BCUT2D eigenvalue weighted by atomic mass is 10.0. The first-order chi connectivity index (χ1) is 10.2. The molecule has 2 aromatic rings. The zero-order valence-corrected chi connectivity index (χ0v) is 10.7. The predicted molar refractivity (Wildman–Crippen MR) is 69.8 cm³/mol. The summed E-state index contributed by atoms with van der Waals surface area (Å²) in [4.78, 5) is 12.5. The molecule has 2 aromatic carbocycles. The van der Waals surface area contributed by atoms with E-state index in [2.05, 4.69) is 4.85 Å². The lowest BCUT2D eigenvalue weighted by Crippen LogP contribution is -2.05. The van der Waals surface area contributed by atoms with Gasteiger partial charge in [-0.25, -0.2) is 4.85 Å². The number of halogens is 4. The maximum atomic E-state index is 13.3. The molecule has 0 aliphatic carbocycles. The van der Waals surface area contributed by atoms with E-state index in [-0.39, 0.29) is 11.1 Å². The lowest BCUT2D eigenvalue weighted by Gasteiger charge is -2.11. The molecule has 0 radical (unpaired) electrons. The zero-order valence-electron chi connectivity index (χ0n) is 10.7. The Balaban J connectivity index is 2.62. The van der Waals surface area contributed by atoms with Crippen molar-refractivity contribution in [2.75, 3.05) is 0 Å². The summed E-state index contributed by atoms with van der Waals surface area (Å²) in [6.07, 6.45) is -4.73. The van der Waals surface area contributed by atoms with Gasteiger partial charge in [0.25, 0.3) is 0 Å². The second-order valence-corrected chi connectivity index (χ2v) is 4.26. The minimum atomic E-state index is -4.73. The van der Waals surface area contributed by atoms with Gasteiger partial charge in [-0.05, 0) is 17.2 Å². The largest absolute Gasteiger partial charge is 0.407 e. The molecular weight excluding hydrogens is 304 g/mol. The second-order valence-electron chi connectivity index (χ2n) is 4.26. The standard InChI is InChI=1S/C14H6F4N2O2/c1-19-12-5-3-8(6-10(12)14(16,17)18)9-2-4-11(15)13(7-9)20(21)22/h2-7H. The lowest BCUT2D eigenvalue weighted by molar-refractivity contribution is -0.387. The first kappa shape index (κ1) is 15.4. The highest BCUT2D eigenvalue weighted by molar-refractivity contribution is 5.71.